The molecule has 3 aromatic carbocycles. The first-order chi connectivity index (χ1) is 15.0. The standard InChI is InChI=1S/C25H22N2O4/c26-15-19-1-8-21(9-2-19)24(27)17-31-23-12-5-20(6-13-23)16-30-22-10-3-18(4-11-22)7-14-25(28)29/h1-6,8-13,27H,7,14,16-17H2,(H,28,29). The van der Waals surface area contributed by atoms with E-state index >= 15 is 0 Å². The predicted octanol–water partition coefficient (Wildman–Crippen LogP) is 4.60. The number of carbonyl (C=O) groups is 1. The first-order valence-electron chi connectivity index (χ1n) is 9.77. The van der Waals surface area contributed by atoms with Crippen molar-refractivity contribution in [3.05, 3.63) is 95.1 Å². The molecule has 3 aromatic rings. The zero-order valence-electron chi connectivity index (χ0n) is 16.9. The third kappa shape index (κ3) is 6.72. The van der Waals surface area contributed by atoms with Crippen molar-refractivity contribution in [1.29, 1.82) is 10.7 Å². The lowest BCUT2D eigenvalue weighted by atomic mass is 10.1. The van der Waals surface area contributed by atoms with Gasteiger partial charge in [-0.3, -0.25) is 4.79 Å². The molecule has 0 atom stereocenters. The Morgan fingerprint density at radius 2 is 1.45 bits per heavy atom. The van der Waals surface area contributed by atoms with Crippen LogP contribution in [0.2, 0.25) is 0 Å². The van der Waals surface area contributed by atoms with Crippen LogP contribution in [0.4, 0.5) is 0 Å². The second kappa shape index (κ2) is 10.6. The van der Waals surface area contributed by atoms with Gasteiger partial charge in [-0.2, -0.15) is 5.26 Å². The van der Waals surface area contributed by atoms with Crippen LogP contribution in [-0.2, 0) is 17.8 Å². The third-order valence-electron chi connectivity index (χ3n) is 4.63. The van der Waals surface area contributed by atoms with Crippen molar-refractivity contribution < 1.29 is 19.4 Å². The van der Waals surface area contributed by atoms with E-state index in [1.165, 1.54) is 0 Å². The Hall–Kier alpha value is -4.11. The molecule has 0 spiro atoms. The number of benzene rings is 3. The highest BCUT2D eigenvalue weighted by molar-refractivity contribution is 5.99. The summed E-state index contributed by atoms with van der Waals surface area (Å²) in [6.45, 7) is 0.534. The number of hydrogen-bond donors (Lipinski definition) is 2. The van der Waals surface area contributed by atoms with E-state index in [4.69, 9.17) is 25.3 Å². The lowest BCUT2D eigenvalue weighted by Gasteiger charge is -2.10. The van der Waals surface area contributed by atoms with Gasteiger partial charge in [-0.15, -0.1) is 0 Å². The van der Waals surface area contributed by atoms with E-state index in [0.717, 1.165) is 22.4 Å². The highest BCUT2D eigenvalue weighted by Crippen LogP contribution is 2.17. The second-order valence-electron chi connectivity index (χ2n) is 6.93. The number of nitrogens with one attached hydrogen (secondary N) is 1. The van der Waals surface area contributed by atoms with Crippen molar-refractivity contribution in [2.75, 3.05) is 6.61 Å². The number of aliphatic carboxylic acids is 1. The lowest BCUT2D eigenvalue weighted by Crippen LogP contribution is -2.11. The van der Waals surface area contributed by atoms with Crippen LogP contribution in [0.5, 0.6) is 11.5 Å². The first-order valence-corrected chi connectivity index (χ1v) is 9.77. The van der Waals surface area contributed by atoms with Crippen molar-refractivity contribution >= 4 is 11.7 Å². The maximum atomic E-state index is 10.6. The molecular weight excluding hydrogens is 392 g/mol. The van der Waals surface area contributed by atoms with E-state index in [1.807, 2.05) is 48.5 Å². The smallest absolute Gasteiger partial charge is 0.303 e. The summed E-state index contributed by atoms with van der Waals surface area (Å²) in [5.41, 5.74) is 3.55. The van der Waals surface area contributed by atoms with E-state index in [1.54, 1.807) is 24.3 Å². The molecule has 6 heteroatoms. The Morgan fingerprint density at radius 3 is 2.03 bits per heavy atom. The van der Waals surface area contributed by atoms with Crippen molar-refractivity contribution in [2.24, 2.45) is 0 Å². The van der Waals surface area contributed by atoms with Gasteiger partial charge >= 0.3 is 5.97 Å². The minimum atomic E-state index is -0.807. The highest BCUT2D eigenvalue weighted by Gasteiger charge is 2.04. The summed E-state index contributed by atoms with van der Waals surface area (Å²) in [4.78, 5) is 10.6. The van der Waals surface area contributed by atoms with Crippen LogP contribution in [0.3, 0.4) is 0 Å². The Kier molecular flexibility index (Phi) is 7.39. The molecule has 0 aliphatic rings. The molecule has 6 nitrogen and oxygen atoms in total. The van der Waals surface area contributed by atoms with Crippen LogP contribution in [-0.4, -0.2) is 23.4 Å². The average molecular weight is 414 g/mol. The number of ether oxygens (including phenoxy) is 2. The van der Waals surface area contributed by atoms with Crippen molar-refractivity contribution in [2.45, 2.75) is 19.4 Å². The van der Waals surface area contributed by atoms with Gasteiger partial charge in [0.1, 0.15) is 24.7 Å². The zero-order valence-corrected chi connectivity index (χ0v) is 16.9. The number of rotatable bonds is 10. The molecule has 0 aromatic heterocycles. The molecule has 0 aliphatic heterocycles. The van der Waals surface area contributed by atoms with Gasteiger partial charge < -0.3 is 20.0 Å². The molecule has 0 amide bonds. The fourth-order valence-corrected chi connectivity index (χ4v) is 2.84. The highest BCUT2D eigenvalue weighted by atomic mass is 16.5. The Bertz CT molecular complexity index is 1070. The fourth-order valence-electron chi connectivity index (χ4n) is 2.84. The van der Waals surface area contributed by atoms with E-state index in [-0.39, 0.29) is 13.0 Å². The lowest BCUT2D eigenvalue weighted by molar-refractivity contribution is -0.136. The van der Waals surface area contributed by atoms with Gasteiger partial charge in [0.2, 0.25) is 0 Å². The molecule has 156 valence electrons. The molecule has 0 aliphatic carbocycles. The van der Waals surface area contributed by atoms with Gasteiger partial charge in [-0.25, -0.2) is 0 Å². The van der Waals surface area contributed by atoms with E-state index in [9.17, 15) is 4.79 Å². The van der Waals surface area contributed by atoms with Crippen LogP contribution in [0.25, 0.3) is 0 Å². The average Bonchev–Trinajstić information content (AvgIpc) is 2.81. The molecule has 0 heterocycles. The van der Waals surface area contributed by atoms with Crippen LogP contribution in [0, 0.1) is 16.7 Å². The van der Waals surface area contributed by atoms with Gasteiger partial charge in [-0.1, -0.05) is 36.4 Å². The molecular formula is C25H22N2O4. The molecule has 0 bridgehead atoms. The van der Waals surface area contributed by atoms with Gasteiger partial charge in [0.15, 0.2) is 0 Å². The maximum Gasteiger partial charge on any atom is 0.303 e. The number of carboxylic acid groups (broad SMARTS) is 1. The summed E-state index contributed by atoms with van der Waals surface area (Å²) in [7, 11) is 0. The predicted molar refractivity (Wildman–Crippen MR) is 117 cm³/mol. The van der Waals surface area contributed by atoms with Crippen LogP contribution in [0.15, 0.2) is 72.8 Å². The monoisotopic (exact) mass is 414 g/mol. The molecule has 0 saturated carbocycles. The Labute approximate surface area is 180 Å². The minimum Gasteiger partial charge on any atom is -0.489 e. The van der Waals surface area contributed by atoms with Crippen LogP contribution in [0.1, 0.15) is 28.7 Å². The summed E-state index contributed by atoms with van der Waals surface area (Å²) in [6.07, 6.45) is 0.612. The number of nitrogens with zero attached hydrogens (tertiary/aromatic N) is 1. The largest absolute Gasteiger partial charge is 0.489 e. The second-order valence-corrected chi connectivity index (χ2v) is 6.93. The van der Waals surface area contributed by atoms with E-state index < -0.39 is 5.97 Å². The van der Waals surface area contributed by atoms with E-state index in [2.05, 4.69) is 6.07 Å². The number of hydrogen-bond acceptors (Lipinski definition) is 5. The van der Waals surface area contributed by atoms with Crippen molar-refractivity contribution in [3.63, 3.8) is 0 Å². The molecule has 0 saturated heterocycles. The topological polar surface area (TPSA) is 103 Å². The number of nitriles is 1. The van der Waals surface area contributed by atoms with Crippen molar-refractivity contribution in [3.8, 4) is 17.6 Å². The molecule has 3 rings (SSSR count). The number of carboxylic acids is 1. The van der Waals surface area contributed by atoms with Crippen molar-refractivity contribution in [1.82, 2.24) is 0 Å². The summed E-state index contributed by atoms with van der Waals surface area (Å²) in [5.74, 6) is 0.569. The van der Waals surface area contributed by atoms with E-state index in [0.29, 0.717) is 30.1 Å². The summed E-state index contributed by atoms with van der Waals surface area (Å²) < 4.78 is 11.5. The van der Waals surface area contributed by atoms with Crippen LogP contribution < -0.4 is 9.47 Å². The van der Waals surface area contributed by atoms with Crippen LogP contribution >= 0.6 is 0 Å². The molecule has 0 radical (unpaired) electrons. The normalized spacial score (nSPS) is 10.2. The Morgan fingerprint density at radius 1 is 0.871 bits per heavy atom. The Balaban J connectivity index is 1.46. The molecule has 31 heavy (non-hydrogen) atoms. The summed E-state index contributed by atoms with van der Waals surface area (Å²) in [5, 5.41) is 25.7. The zero-order chi connectivity index (χ0) is 22.1. The quantitative estimate of drug-likeness (QED) is 0.472. The summed E-state index contributed by atoms with van der Waals surface area (Å²) in [6, 6.07) is 23.8. The first kappa shape index (κ1) is 21.6. The van der Waals surface area contributed by atoms with Gasteiger partial charge in [0.25, 0.3) is 0 Å². The number of aryl methyl sites for hydroxylation is 1. The summed E-state index contributed by atoms with van der Waals surface area (Å²) >= 11 is 0. The van der Waals surface area contributed by atoms with Gasteiger partial charge in [0.05, 0.1) is 17.3 Å². The van der Waals surface area contributed by atoms with Gasteiger partial charge in [0, 0.05) is 6.42 Å². The molecule has 0 unspecified atom stereocenters. The van der Waals surface area contributed by atoms with Gasteiger partial charge in [-0.05, 0) is 59.5 Å². The minimum absolute atomic E-state index is 0.113. The molecule has 0 fully saturated rings. The third-order valence-corrected chi connectivity index (χ3v) is 4.63. The fraction of sp³-hybridized carbons (Fsp3) is 0.160. The molecule has 2 N–H and O–H groups in total. The maximum absolute atomic E-state index is 10.6. The SMILES string of the molecule is N#Cc1ccc(C(=N)COc2ccc(COc3ccc(CCC(=O)O)cc3)cc2)cc1.